The summed E-state index contributed by atoms with van der Waals surface area (Å²) in [7, 11) is 0. The summed E-state index contributed by atoms with van der Waals surface area (Å²) in [5.41, 5.74) is 0.935. The van der Waals surface area contributed by atoms with Gasteiger partial charge in [0.25, 0.3) is 0 Å². The summed E-state index contributed by atoms with van der Waals surface area (Å²) in [6.07, 6.45) is 2.74. The minimum absolute atomic E-state index is 0.167. The molecule has 2 nitrogen and oxygen atoms in total. The average Bonchev–Trinajstić information content (AvgIpc) is 2.31. The Bertz CT molecular complexity index is 344. The number of aliphatic hydroxyl groups is 1. The van der Waals surface area contributed by atoms with E-state index in [-0.39, 0.29) is 12.2 Å². The van der Waals surface area contributed by atoms with Crippen LogP contribution in [0.2, 0.25) is 0 Å². The van der Waals surface area contributed by atoms with Gasteiger partial charge in [0.05, 0.1) is 6.10 Å². The standard InChI is InChI=1S/C14H20O2/c1-3-10(4-2)14-9-12(15)11-7-5-6-8-13(11)16-14/h5-8,10,12,14-15H,3-4,9H2,1-2H3/t12-,14?/m0/s1. The van der Waals surface area contributed by atoms with Crippen LogP contribution < -0.4 is 4.74 Å². The largest absolute Gasteiger partial charge is 0.490 e. The molecule has 1 aliphatic rings. The molecule has 1 N–H and O–H groups in total. The monoisotopic (exact) mass is 220 g/mol. The van der Waals surface area contributed by atoms with Gasteiger partial charge in [-0.15, -0.1) is 0 Å². The van der Waals surface area contributed by atoms with Crippen molar-refractivity contribution in [3.63, 3.8) is 0 Å². The molecule has 0 radical (unpaired) electrons. The van der Waals surface area contributed by atoms with Gasteiger partial charge in [-0.05, 0) is 24.8 Å². The predicted octanol–water partition coefficient (Wildman–Crippen LogP) is 3.31. The van der Waals surface area contributed by atoms with E-state index in [1.165, 1.54) is 0 Å². The van der Waals surface area contributed by atoms with Gasteiger partial charge in [-0.1, -0.05) is 32.0 Å². The maximum atomic E-state index is 10.1. The lowest BCUT2D eigenvalue weighted by Gasteiger charge is -2.33. The molecule has 1 aromatic carbocycles. The quantitative estimate of drug-likeness (QED) is 0.846. The molecule has 1 unspecified atom stereocenters. The minimum Gasteiger partial charge on any atom is -0.490 e. The SMILES string of the molecule is CCC(CC)C1C[C@H](O)c2ccccc2O1. The first-order valence-electron chi connectivity index (χ1n) is 6.19. The fourth-order valence-electron chi connectivity index (χ4n) is 2.52. The number of hydrogen-bond acceptors (Lipinski definition) is 2. The minimum atomic E-state index is -0.365. The summed E-state index contributed by atoms with van der Waals surface area (Å²) in [6, 6.07) is 7.81. The molecule has 2 heteroatoms. The summed E-state index contributed by atoms with van der Waals surface area (Å²) in [5.74, 6) is 1.40. The Kier molecular flexibility index (Phi) is 3.49. The summed E-state index contributed by atoms with van der Waals surface area (Å²) >= 11 is 0. The Morgan fingerprint density at radius 3 is 2.69 bits per heavy atom. The van der Waals surface area contributed by atoms with Gasteiger partial charge in [0.1, 0.15) is 11.9 Å². The van der Waals surface area contributed by atoms with Crippen molar-refractivity contribution >= 4 is 0 Å². The van der Waals surface area contributed by atoms with Gasteiger partial charge in [0, 0.05) is 12.0 Å². The second-order valence-corrected chi connectivity index (χ2v) is 4.52. The van der Waals surface area contributed by atoms with E-state index in [1.807, 2.05) is 24.3 Å². The molecule has 1 heterocycles. The van der Waals surface area contributed by atoms with Crippen LogP contribution in [0.25, 0.3) is 0 Å². The van der Waals surface area contributed by atoms with E-state index in [2.05, 4.69) is 13.8 Å². The number of ether oxygens (including phenoxy) is 1. The van der Waals surface area contributed by atoms with Crippen LogP contribution in [0.4, 0.5) is 0 Å². The lowest BCUT2D eigenvalue weighted by Crippen LogP contribution is -2.32. The number of rotatable bonds is 3. The Balaban J connectivity index is 2.20. The van der Waals surface area contributed by atoms with Crippen molar-refractivity contribution < 1.29 is 9.84 Å². The molecule has 0 saturated heterocycles. The van der Waals surface area contributed by atoms with Crippen LogP contribution in [0.5, 0.6) is 5.75 Å². The van der Waals surface area contributed by atoms with Crippen molar-refractivity contribution in [1.82, 2.24) is 0 Å². The molecule has 0 amide bonds. The molecule has 2 rings (SSSR count). The van der Waals surface area contributed by atoms with Crippen LogP contribution in [-0.4, -0.2) is 11.2 Å². The highest BCUT2D eigenvalue weighted by molar-refractivity contribution is 5.36. The highest BCUT2D eigenvalue weighted by Gasteiger charge is 2.30. The van der Waals surface area contributed by atoms with Gasteiger partial charge in [-0.25, -0.2) is 0 Å². The Morgan fingerprint density at radius 1 is 1.31 bits per heavy atom. The molecule has 1 aromatic rings. The Morgan fingerprint density at radius 2 is 2.00 bits per heavy atom. The lowest BCUT2D eigenvalue weighted by molar-refractivity contribution is 0.0317. The molecule has 0 bridgehead atoms. The second-order valence-electron chi connectivity index (χ2n) is 4.52. The number of aliphatic hydroxyl groups excluding tert-OH is 1. The lowest BCUT2D eigenvalue weighted by atomic mass is 9.88. The number of para-hydroxylation sites is 1. The molecule has 2 atom stereocenters. The van der Waals surface area contributed by atoms with Crippen LogP contribution in [0.1, 0.15) is 44.8 Å². The first-order valence-corrected chi connectivity index (χ1v) is 6.19. The zero-order valence-electron chi connectivity index (χ0n) is 10.0. The third-order valence-electron chi connectivity index (χ3n) is 3.59. The van der Waals surface area contributed by atoms with Crippen LogP contribution in [0.15, 0.2) is 24.3 Å². The summed E-state index contributed by atoms with van der Waals surface area (Å²) in [5, 5.41) is 10.1. The number of fused-ring (bicyclic) bond motifs is 1. The molecule has 0 fully saturated rings. The van der Waals surface area contributed by atoms with E-state index in [4.69, 9.17) is 4.74 Å². The van der Waals surface area contributed by atoms with Crippen molar-refractivity contribution in [2.45, 2.75) is 45.3 Å². The maximum Gasteiger partial charge on any atom is 0.125 e. The summed E-state index contributed by atoms with van der Waals surface area (Å²) in [4.78, 5) is 0. The molecule has 16 heavy (non-hydrogen) atoms. The van der Waals surface area contributed by atoms with Crippen molar-refractivity contribution in [2.24, 2.45) is 5.92 Å². The maximum absolute atomic E-state index is 10.1. The molecule has 0 aromatic heterocycles. The third-order valence-corrected chi connectivity index (χ3v) is 3.59. The van der Waals surface area contributed by atoms with Crippen molar-refractivity contribution in [2.75, 3.05) is 0 Å². The van der Waals surface area contributed by atoms with E-state index in [1.54, 1.807) is 0 Å². The van der Waals surface area contributed by atoms with E-state index < -0.39 is 0 Å². The van der Waals surface area contributed by atoms with Crippen molar-refractivity contribution in [1.29, 1.82) is 0 Å². The summed E-state index contributed by atoms with van der Waals surface area (Å²) < 4.78 is 5.99. The Labute approximate surface area is 97.3 Å². The van der Waals surface area contributed by atoms with Crippen LogP contribution in [0, 0.1) is 5.92 Å². The van der Waals surface area contributed by atoms with Gasteiger partial charge >= 0.3 is 0 Å². The first kappa shape index (κ1) is 11.5. The van der Waals surface area contributed by atoms with Gasteiger partial charge in [0.2, 0.25) is 0 Å². The molecule has 88 valence electrons. The first-order chi connectivity index (χ1) is 7.76. The molecular weight excluding hydrogens is 200 g/mol. The van der Waals surface area contributed by atoms with E-state index in [9.17, 15) is 5.11 Å². The van der Waals surface area contributed by atoms with Gasteiger partial charge in [0.15, 0.2) is 0 Å². The summed E-state index contributed by atoms with van der Waals surface area (Å²) in [6.45, 7) is 4.37. The van der Waals surface area contributed by atoms with E-state index in [0.29, 0.717) is 5.92 Å². The smallest absolute Gasteiger partial charge is 0.125 e. The third kappa shape index (κ3) is 2.07. The van der Waals surface area contributed by atoms with Gasteiger partial charge < -0.3 is 9.84 Å². The van der Waals surface area contributed by atoms with Crippen LogP contribution in [0.3, 0.4) is 0 Å². The van der Waals surface area contributed by atoms with Crippen molar-refractivity contribution in [3.8, 4) is 5.75 Å². The molecule has 0 spiro atoms. The number of benzene rings is 1. The zero-order valence-corrected chi connectivity index (χ0v) is 10.0. The van der Waals surface area contributed by atoms with Gasteiger partial charge in [-0.2, -0.15) is 0 Å². The van der Waals surface area contributed by atoms with Crippen LogP contribution in [-0.2, 0) is 0 Å². The zero-order chi connectivity index (χ0) is 11.5. The molecular formula is C14H20O2. The second kappa shape index (κ2) is 4.88. The normalized spacial score (nSPS) is 24.0. The molecule has 1 aliphatic heterocycles. The fourth-order valence-corrected chi connectivity index (χ4v) is 2.52. The van der Waals surface area contributed by atoms with Gasteiger partial charge in [-0.3, -0.25) is 0 Å². The highest BCUT2D eigenvalue weighted by atomic mass is 16.5. The fraction of sp³-hybridized carbons (Fsp3) is 0.571. The molecule has 0 saturated carbocycles. The average molecular weight is 220 g/mol. The Hall–Kier alpha value is -1.02. The number of hydrogen-bond donors (Lipinski definition) is 1. The predicted molar refractivity (Wildman–Crippen MR) is 64.5 cm³/mol. The van der Waals surface area contributed by atoms with E-state index in [0.717, 1.165) is 30.6 Å². The molecule has 0 aliphatic carbocycles. The highest BCUT2D eigenvalue weighted by Crippen LogP contribution is 2.37. The van der Waals surface area contributed by atoms with E-state index >= 15 is 0 Å². The topological polar surface area (TPSA) is 29.5 Å². The van der Waals surface area contributed by atoms with Crippen LogP contribution >= 0.6 is 0 Å². The van der Waals surface area contributed by atoms with Crippen molar-refractivity contribution in [3.05, 3.63) is 29.8 Å².